The molecule has 1 heterocycles. The molecule has 5 nitrogen and oxygen atoms in total. The maximum Gasteiger partial charge on any atom is 0.194 e. The van der Waals surface area contributed by atoms with Crippen LogP contribution in [0, 0.1) is 0 Å². The van der Waals surface area contributed by atoms with Gasteiger partial charge in [0.25, 0.3) is 0 Å². The number of phenolic OH excluding ortho intramolecular Hbond substituents is 2. The van der Waals surface area contributed by atoms with Crippen LogP contribution in [0.5, 0.6) is 11.5 Å². The van der Waals surface area contributed by atoms with E-state index in [-0.39, 0.29) is 17.3 Å². The Morgan fingerprint density at radius 1 is 0.933 bits per heavy atom. The number of rotatable bonds is 5. The Bertz CT molecular complexity index is 1240. The molecule has 4 aromatic rings. The molecule has 0 aliphatic heterocycles. The number of halogens is 2. The van der Waals surface area contributed by atoms with Gasteiger partial charge in [-0.3, -0.25) is 4.79 Å². The summed E-state index contributed by atoms with van der Waals surface area (Å²) < 4.78 is 2.92. The van der Waals surface area contributed by atoms with Gasteiger partial charge in [-0.2, -0.15) is 0 Å². The van der Waals surface area contributed by atoms with Gasteiger partial charge in [-0.15, -0.1) is 0 Å². The van der Waals surface area contributed by atoms with E-state index in [0.29, 0.717) is 32.2 Å². The lowest BCUT2D eigenvalue weighted by atomic mass is 9.97. The fourth-order valence-electron chi connectivity index (χ4n) is 3.25. The first kappa shape index (κ1) is 20.4. The van der Waals surface area contributed by atoms with Crippen LogP contribution in [-0.4, -0.2) is 25.5 Å². The van der Waals surface area contributed by atoms with Crippen molar-refractivity contribution in [1.82, 2.24) is 9.55 Å². The number of ketones is 1. The van der Waals surface area contributed by atoms with Crippen molar-refractivity contribution in [2.45, 2.75) is 6.54 Å². The van der Waals surface area contributed by atoms with Crippen molar-refractivity contribution in [3.05, 3.63) is 98.7 Å². The predicted octanol–water partition coefficient (Wildman–Crippen LogP) is 5.77. The van der Waals surface area contributed by atoms with Gasteiger partial charge in [0.1, 0.15) is 17.3 Å². The van der Waals surface area contributed by atoms with Gasteiger partial charge >= 0.3 is 0 Å². The molecule has 30 heavy (non-hydrogen) atoms. The molecule has 0 bridgehead atoms. The number of hydrogen-bond donors (Lipinski definition) is 2. The number of hydrogen-bond acceptors (Lipinski definition) is 4. The Hall–Kier alpha value is -2.90. The molecule has 4 rings (SSSR count). The van der Waals surface area contributed by atoms with E-state index in [1.807, 2.05) is 41.1 Å². The summed E-state index contributed by atoms with van der Waals surface area (Å²) in [5.41, 5.74) is 2.33. The third-order valence-corrected chi connectivity index (χ3v) is 6.03. The Morgan fingerprint density at radius 3 is 2.47 bits per heavy atom. The molecule has 0 saturated heterocycles. The normalized spacial score (nSPS) is 10.9. The molecule has 0 spiro atoms. The summed E-state index contributed by atoms with van der Waals surface area (Å²) in [6.07, 6.45) is 3.54. The molecule has 0 aliphatic rings. The maximum absolute atomic E-state index is 13.3. The van der Waals surface area contributed by atoms with Crippen LogP contribution in [-0.2, 0) is 6.54 Å². The first-order valence-corrected chi connectivity index (χ1v) is 10.6. The van der Waals surface area contributed by atoms with Crippen molar-refractivity contribution in [3.63, 3.8) is 0 Å². The Labute approximate surface area is 189 Å². The van der Waals surface area contributed by atoms with E-state index in [4.69, 9.17) is 0 Å². The molecular weight excluding hydrogens is 512 g/mol. The van der Waals surface area contributed by atoms with Gasteiger partial charge < -0.3 is 14.8 Å². The lowest BCUT2D eigenvalue weighted by Crippen LogP contribution is -2.10. The summed E-state index contributed by atoms with van der Waals surface area (Å²) in [7, 11) is 0. The molecule has 1 aromatic heterocycles. The van der Waals surface area contributed by atoms with Gasteiger partial charge in [-0.05, 0) is 51.8 Å². The number of nitrogens with zero attached hydrogens (tertiary/aromatic N) is 2. The highest BCUT2D eigenvalue weighted by Gasteiger charge is 2.20. The summed E-state index contributed by atoms with van der Waals surface area (Å²) in [5, 5.41) is 20.1. The Balaban J connectivity index is 1.79. The minimum absolute atomic E-state index is 0.00178. The molecule has 0 radical (unpaired) electrons. The molecule has 2 N–H and O–H groups in total. The number of aromatic hydroxyl groups is 2. The smallest absolute Gasteiger partial charge is 0.194 e. The summed E-state index contributed by atoms with van der Waals surface area (Å²) in [6.45, 7) is 0.336. The number of carbonyl (C=O) groups excluding carboxylic acids is 1. The van der Waals surface area contributed by atoms with Crippen molar-refractivity contribution in [3.8, 4) is 22.9 Å². The van der Waals surface area contributed by atoms with Crippen molar-refractivity contribution < 1.29 is 15.0 Å². The number of phenols is 2. The SMILES string of the molecule is O=C(c1cc(O)ccc1Br)c1cc(Br)c(O)cc1Cn1ccnc1-c1ccccc1. The quantitative estimate of drug-likeness (QED) is 0.323. The summed E-state index contributed by atoms with van der Waals surface area (Å²) >= 11 is 6.68. The van der Waals surface area contributed by atoms with Crippen molar-refractivity contribution in [2.24, 2.45) is 0 Å². The lowest BCUT2D eigenvalue weighted by Gasteiger charge is -2.14. The van der Waals surface area contributed by atoms with Gasteiger partial charge in [-0.1, -0.05) is 46.3 Å². The summed E-state index contributed by atoms with van der Waals surface area (Å²) in [6, 6.07) is 17.5. The van der Waals surface area contributed by atoms with E-state index >= 15 is 0 Å². The highest BCUT2D eigenvalue weighted by atomic mass is 79.9. The largest absolute Gasteiger partial charge is 0.508 e. The van der Waals surface area contributed by atoms with Gasteiger partial charge in [0.05, 0.1) is 4.47 Å². The van der Waals surface area contributed by atoms with Crippen LogP contribution in [0.2, 0.25) is 0 Å². The first-order valence-electron chi connectivity index (χ1n) is 9.05. The van der Waals surface area contributed by atoms with Crippen LogP contribution in [0.4, 0.5) is 0 Å². The average molecular weight is 528 g/mol. The van der Waals surface area contributed by atoms with Crippen LogP contribution in [0.3, 0.4) is 0 Å². The standard InChI is InChI=1S/C23H16Br2N2O3/c24-19-7-6-16(28)11-18(19)22(30)17-12-20(25)21(29)10-15(17)13-27-9-8-26-23(27)14-4-2-1-3-5-14/h1-12,28-29H,13H2. The third-order valence-electron chi connectivity index (χ3n) is 4.70. The number of carbonyl (C=O) groups is 1. The van der Waals surface area contributed by atoms with Gasteiger partial charge in [-0.25, -0.2) is 4.98 Å². The van der Waals surface area contributed by atoms with E-state index in [0.717, 1.165) is 11.4 Å². The molecule has 7 heteroatoms. The fourth-order valence-corrected chi connectivity index (χ4v) is 4.02. The lowest BCUT2D eigenvalue weighted by molar-refractivity contribution is 0.103. The minimum Gasteiger partial charge on any atom is -0.508 e. The van der Waals surface area contributed by atoms with E-state index in [2.05, 4.69) is 36.8 Å². The second kappa shape index (κ2) is 8.45. The molecule has 0 fully saturated rings. The van der Waals surface area contributed by atoms with Crippen LogP contribution < -0.4 is 0 Å². The molecule has 0 aliphatic carbocycles. The zero-order valence-corrected chi connectivity index (χ0v) is 18.8. The molecule has 3 aromatic carbocycles. The van der Waals surface area contributed by atoms with E-state index < -0.39 is 0 Å². The maximum atomic E-state index is 13.3. The second-order valence-electron chi connectivity index (χ2n) is 6.70. The Morgan fingerprint density at radius 2 is 1.70 bits per heavy atom. The van der Waals surface area contributed by atoms with Crippen LogP contribution >= 0.6 is 31.9 Å². The van der Waals surface area contributed by atoms with Gasteiger partial charge in [0.15, 0.2) is 5.78 Å². The monoisotopic (exact) mass is 526 g/mol. The molecule has 0 amide bonds. The summed E-state index contributed by atoms with van der Waals surface area (Å²) in [5.74, 6) is 0.532. The number of imidazole rings is 1. The van der Waals surface area contributed by atoms with Crippen molar-refractivity contribution in [1.29, 1.82) is 0 Å². The molecule has 0 saturated carbocycles. The van der Waals surface area contributed by atoms with E-state index in [1.165, 1.54) is 12.1 Å². The number of benzene rings is 3. The Kier molecular flexibility index (Phi) is 5.74. The average Bonchev–Trinajstić information content (AvgIpc) is 3.20. The fraction of sp³-hybridized carbons (Fsp3) is 0.0435. The highest BCUT2D eigenvalue weighted by molar-refractivity contribution is 9.10. The topological polar surface area (TPSA) is 75.3 Å². The molecule has 0 unspecified atom stereocenters. The van der Waals surface area contributed by atoms with Gasteiger partial charge in [0.2, 0.25) is 0 Å². The first-order chi connectivity index (χ1) is 14.4. The predicted molar refractivity (Wildman–Crippen MR) is 122 cm³/mol. The molecule has 0 atom stereocenters. The second-order valence-corrected chi connectivity index (χ2v) is 8.41. The van der Waals surface area contributed by atoms with Crippen LogP contribution in [0.15, 0.2) is 82.0 Å². The molecule has 150 valence electrons. The van der Waals surface area contributed by atoms with Gasteiger partial charge in [0, 0.05) is 40.1 Å². The van der Waals surface area contributed by atoms with Crippen LogP contribution in [0.1, 0.15) is 21.5 Å². The third kappa shape index (κ3) is 4.04. The molecular formula is C23H16Br2N2O3. The number of aromatic nitrogens is 2. The van der Waals surface area contributed by atoms with Crippen molar-refractivity contribution in [2.75, 3.05) is 0 Å². The minimum atomic E-state index is -0.269. The van der Waals surface area contributed by atoms with E-state index in [9.17, 15) is 15.0 Å². The summed E-state index contributed by atoms with van der Waals surface area (Å²) in [4.78, 5) is 17.8. The zero-order valence-electron chi connectivity index (χ0n) is 15.6. The van der Waals surface area contributed by atoms with Crippen molar-refractivity contribution >= 4 is 37.6 Å². The van der Waals surface area contributed by atoms with Crippen LogP contribution in [0.25, 0.3) is 11.4 Å². The zero-order chi connectivity index (χ0) is 21.3. The highest BCUT2D eigenvalue weighted by Crippen LogP contribution is 2.32. The van der Waals surface area contributed by atoms with E-state index in [1.54, 1.807) is 24.4 Å².